The van der Waals surface area contributed by atoms with Crippen LogP contribution < -0.4 is 22.1 Å². The molecule has 1 aromatic heterocycles. The van der Waals surface area contributed by atoms with E-state index in [1.165, 1.54) is 45.8 Å². The van der Waals surface area contributed by atoms with Crippen molar-refractivity contribution in [3.05, 3.63) is 46.1 Å². The summed E-state index contributed by atoms with van der Waals surface area (Å²) < 4.78 is 0.719. The summed E-state index contributed by atoms with van der Waals surface area (Å²) in [5.41, 5.74) is 12.5. The van der Waals surface area contributed by atoms with Gasteiger partial charge in [0.25, 0.3) is 5.91 Å². The molecule has 12 nitrogen and oxygen atoms in total. The summed E-state index contributed by atoms with van der Waals surface area (Å²) in [6, 6.07) is 3.54. The minimum absolute atomic E-state index is 0.0625. The van der Waals surface area contributed by atoms with Gasteiger partial charge in [-0.05, 0) is 30.2 Å². The highest BCUT2D eigenvalue weighted by molar-refractivity contribution is 8.01. The van der Waals surface area contributed by atoms with Crippen LogP contribution in [-0.4, -0.2) is 66.9 Å². The summed E-state index contributed by atoms with van der Waals surface area (Å²) in [5, 5.41) is 23.1. The van der Waals surface area contributed by atoms with Crippen LogP contribution in [0, 0.1) is 6.92 Å². The van der Waals surface area contributed by atoms with E-state index in [9.17, 15) is 24.3 Å². The van der Waals surface area contributed by atoms with Crippen LogP contribution in [0.4, 0.5) is 10.5 Å². The zero-order valence-corrected chi connectivity index (χ0v) is 20.7. The number of primary amides is 1. The number of aromatic nitrogens is 2. The van der Waals surface area contributed by atoms with Crippen molar-refractivity contribution in [3.8, 4) is 0 Å². The third-order valence-electron chi connectivity index (χ3n) is 5.22. The lowest BCUT2D eigenvalue weighted by atomic mass is 10.0. The fraction of sp³-hybridized carbons (Fsp3) is 0.300. The van der Waals surface area contributed by atoms with Gasteiger partial charge in [-0.2, -0.15) is 0 Å². The molecule has 7 N–H and O–H groups in total. The van der Waals surface area contributed by atoms with Crippen LogP contribution in [-0.2, 0) is 14.4 Å². The quantitative estimate of drug-likeness (QED) is 0.239. The monoisotopic (exact) mass is 535 g/mol. The number of carbonyl (C=O) groups is 4. The number of nitrogens with one attached hydrogen (secondary N) is 2. The number of β-lactam (4-membered cyclic amide) rings is 1. The topological polar surface area (TPSA) is 194 Å². The lowest BCUT2D eigenvalue weighted by Gasteiger charge is -2.49. The van der Waals surface area contributed by atoms with Crippen molar-refractivity contribution in [2.75, 3.05) is 16.8 Å². The summed E-state index contributed by atoms with van der Waals surface area (Å²) >= 11 is 4.15. The standard InChI is InChI=1S/C20H21N7O5S3/c1-8-25-26-20(35-8)34-7-10-6-33-17-13(16(29)27(17)14(10)18(30)31)24-15(28)12(21)9-3-2-4-11(5-9)23-19(22)32/h2-5,12-13,17H,6-7,21H2,1H3,(H,24,28)(H,30,31)(H3,22,23,32)/t12?,13?,17-/m1/s1. The molecule has 1 fully saturated rings. The first kappa shape index (κ1) is 25.0. The van der Waals surface area contributed by atoms with Gasteiger partial charge >= 0.3 is 12.0 Å². The van der Waals surface area contributed by atoms with Crippen LogP contribution in [0.2, 0.25) is 0 Å². The fourth-order valence-electron chi connectivity index (χ4n) is 3.63. The van der Waals surface area contributed by atoms with Crippen LogP contribution in [0.25, 0.3) is 0 Å². The average Bonchev–Trinajstić information content (AvgIpc) is 3.24. The van der Waals surface area contributed by atoms with E-state index >= 15 is 0 Å². The van der Waals surface area contributed by atoms with E-state index in [1.54, 1.807) is 18.2 Å². The number of carboxylic acid groups (broad SMARTS) is 1. The van der Waals surface area contributed by atoms with Crippen LogP contribution in [0.15, 0.2) is 39.9 Å². The molecule has 1 saturated heterocycles. The second-order valence-electron chi connectivity index (χ2n) is 7.62. The zero-order valence-electron chi connectivity index (χ0n) is 18.3. The minimum atomic E-state index is -1.20. The molecule has 184 valence electrons. The summed E-state index contributed by atoms with van der Waals surface area (Å²) in [6.45, 7) is 1.83. The van der Waals surface area contributed by atoms with E-state index in [-0.39, 0.29) is 5.70 Å². The third-order valence-corrected chi connectivity index (χ3v) is 8.62. The van der Waals surface area contributed by atoms with Crippen LogP contribution in [0.5, 0.6) is 0 Å². The molecule has 0 saturated carbocycles. The predicted molar refractivity (Wildman–Crippen MR) is 132 cm³/mol. The summed E-state index contributed by atoms with van der Waals surface area (Å²) in [5.74, 6) is -1.57. The molecule has 0 aliphatic carbocycles. The van der Waals surface area contributed by atoms with Crippen molar-refractivity contribution in [2.24, 2.45) is 11.5 Å². The molecule has 4 amide bonds. The van der Waals surface area contributed by atoms with E-state index < -0.39 is 41.3 Å². The molecule has 2 aliphatic rings. The Labute approximate surface area is 211 Å². The van der Waals surface area contributed by atoms with Crippen molar-refractivity contribution in [1.82, 2.24) is 20.4 Å². The molecule has 2 aromatic rings. The number of fused-ring (bicyclic) bond motifs is 1. The lowest BCUT2D eigenvalue weighted by molar-refractivity contribution is -0.150. The Balaban J connectivity index is 1.43. The molecule has 4 rings (SSSR count). The number of aliphatic carboxylic acids is 1. The highest BCUT2D eigenvalue weighted by Gasteiger charge is 2.54. The van der Waals surface area contributed by atoms with Gasteiger partial charge in [-0.25, -0.2) is 9.59 Å². The lowest BCUT2D eigenvalue weighted by Crippen LogP contribution is -2.71. The second kappa shape index (κ2) is 10.2. The number of nitrogens with two attached hydrogens (primary N) is 2. The molecule has 35 heavy (non-hydrogen) atoms. The first-order valence-corrected chi connectivity index (χ1v) is 13.1. The number of benzene rings is 1. The summed E-state index contributed by atoms with van der Waals surface area (Å²) in [7, 11) is 0. The maximum absolute atomic E-state index is 12.9. The maximum Gasteiger partial charge on any atom is 0.352 e. The van der Waals surface area contributed by atoms with Gasteiger partial charge in [0.2, 0.25) is 5.91 Å². The van der Waals surface area contributed by atoms with Crippen molar-refractivity contribution in [1.29, 1.82) is 0 Å². The van der Waals surface area contributed by atoms with Crippen molar-refractivity contribution >= 4 is 64.4 Å². The van der Waals surface area contributed by atoms with E-state index in [0.29, 0.717) is 28.3 Å². The number of amides is 4. The Morgan fingerprint density at radius 1 is 1.34 bits per heavy atom. The molecular weight excluding hydrogens is 514 g/mol. The second-order valence-corrected chi connectivity index (χ2v) is 11.1. The predicted octanol–water partition coefficient (Wildman–Crippen LogP) is 0.868. The third kappa shape index (κ3) is 5.27. The van der Waals surface area contributed by atoms with E-state index in [2.05, 4.69) is 20.8 Å². The number of carbonyl (C=O) groups excluding carboxylic acids is 3. The highest BCUT2D eigenvalue weighted by Crippen LogP contribution is 2.42. The zero-order chi connectivity index (χ0) is 25.3. The van der Waals surface area contributed by atoms with Gasteiger partial charge in [0.1, 0.15) is 28.2 Å². The minimum Gasteiger partial charge on any atom is -0.477 e. The maximum atomic E-state index is 12.9. The number of carboxylic acids is 1. The molecular formula is C20H21N7O5S3. The first-order valence-electron chi connectivity index (χ1n) is 10.2. The number of nitrogens with zero attached hydrogens (tertiary/aromatic N) is 3. The number of rotatable bonds is 8. The molecule has 0 spiro atoms. The fourth-order valence-corrected chi connectivity index (χ4v) is 6.93. The van der Waals surface area contributed by atoms with E-state index in [4.69, 9.17) is 11.5 Å². The summed E-state index contributed by atoms with van der Waals surface area (Å²) in [6.07, 6.45) is 0. The van der Waals surface area contributed by atoms with Crippen molar-refractivity contribution < 1.29 is 24.3 Å². The Bertz CT molecular complexity index is 1230. The highest BCUT2D eigenvalue weighted by atomic mass is 32.2. The van der Waals surface area contributed by atoms with Crippen LogP contribution in [0.1, 0.15) is 16.6 Å². The normalized spacial score (nSPS) is 20.1. The van der Waals surface area contributed by atoms with Gasteiger partial charge in [0.05, 0.1) is 0 Å². The number of anilines is 1. The molecule has 3 atom stereocenters. The Morgan fingerprint density at radius 3 is 2.77 bits per heavy atom. The number of hydrogen-bond donors (Lipinski definition) is 5. The molecule has 1 aromatic carbocycles. The molecule has 3 heterocycles. The Kier molecular flexibility index (Phi) is 7.30. The van der Waals surface area contributed by atoms with Gasteiger partial charge in [-0.1, -0.05) is 35.2 Å². The Hall–Kier alpha value is -3.14. The molecule has 0 bridgehead atoms. The smallest absolute Gasteiger partial charge is 0.352 e. The number of thioether (sulfide) groups is 2. The van der Waals surface area contributed by atoms with Crippen LogP contribution in [0.3, 0.4) is 0 Å². The first-order chi connectivity index (χ1) is 16.7. The van der Waals surface area contributed by atoms with Gasteiger partial charge < -0.3 is 27.2 Å². The largest absolute Gasteiger partial charge is 0.477 e. The van der Waals surface area contributed by atoms with Gasteiger partial charge in [0, 0.05) is 17.2 Å². The molecule has 2 aliphatic heterocycles. The van der Waals surface area contributed by atoms with Gasteiger partial charge in [0.15, 0.2) is 4.34 Å². The SMILES string of the molecule is Cc1nnc(SCC2=C(C(=O)O)N3C(=O)C(NC(=O)C(N)c4cccc(NC(N)=O)c4)[C@H]3SC2)s1. The van der Waals surface area contributed by atoms with E-state index in [1.807, 2.05) is 6.92 Å². The molecule has 2 unspecified atom stereocenters. The van der Waals surface area contributed by atoms with Gasteiger partial charge in [-0.3, -0.25) is 14.5 Å². The average molecular weight is 536 g/mol. The Morgan fingerprint density at radius 2 is 2.11 bits per heavy atom. The molecule has 15 heteroatoms. The molecule has 0 radical (unpaired) electrons. The van der Waals surface area contributed by atoms with Crippen molar-refractivity contribution in [2.45, 2.75) is 28.7 Å². The van der Waals surface area contributed by atoms with Crippen molar-refractivity contribution in [3.63, 3.8) is 0 Å². The van der Waals surface area contributed by atoms with Gasteiger partial charge in [-0.15, -0.1) is 22.0 Å². The number of aryl methyl sites for hydroxylation is 1. The van der Waals surface area contributed by atoms with E-state index in [0.717, 1.165) is 9.35 Å². The number of urea groups is 1. The van der Waals surface area contributed by atoms with Crippen LogP contribution >= 0.6 is 34.9 Å². The summed E-state index contributed by atoms with van der Waals surface area (Å²) in [4.78, 5) is 49.9. The number of hydrogen-bond acceptors (Lipinski definition) is 10.